The smallest absolute Gasteiger partial charge is 0.315 e. The molecule has 5 nitrogen and oxygen atoms in total. The van der Waals surface area contributed by atoms with Gasteiger partial charge in [0.25, 0.3) is 5.91 Å². The van der Waals surface area contributed by atoms with Crippen molar-refractivity contribution in [1.29, 1.82) is 0 Å². The van der Waals surface area contributed by atoms with Crippen molar-refractivity contribution in [3.05, 3.63) is 24.3 Å². The van der Waals surface area contributed by atoms with Gasteiger partial charge in [-0.3, -0.25) is 4.79 Å². The molecule has 0 bridgehead atoms. The number of fused-ring (bicyclic) bond motifs is 1. The number of thiazole rings is 1. The maximum atomic E-state index is 12.6. The van der Waals surface area contributed by atoms with Gasteiger partial charge in [0.1, 0.15) is 6.04 Å². The van der Waals surface area contributed by atoms with Gasteiger partial charge in [-0.1, -0.05) is 37.3 Å². The van der Waals surface area contributed by atoms with Gasteiger partial charge in [-0.05, 0) is 24.5 Å². The molecule has 6 heteroatoms. The zero-order chi connectivity index (χ0) is 15.1. The maximum absolute atomic E-state index is 12.6. The molecule has 3 rings (SSSR count). The van der Waals surface area contributed by atoms with Gasteiger partial charge in [-0.25, -0.2) is 14.7 Å². The number of urea groups is 1. The van der Waals surface area contributed by atoms with Crippen LogP contribution in [0.2, 0.25) is 0 Å². The van der Waals surface area contributed by atoms with E-state index >= 15 is 0 Å². The third-order valence-corrected chi connectivity index (χ3v) is 4.66. The fraction of sp³-hybridized carbons (Fsp3) is 0.400. The van der Waals surface area contributed by atoms with E-state index in [2.05, 4.69) is 4.98 Å². The SMILES string of the molecule is CC(C)C[C@H]1C(=O)N(c2nc3ccccc3s2)C(=O)N1C. The van der Waals surface area contributed by atoms with Crippen LogP contribution >= 0.6 is 11.3 Å². The van der Waals surface area contributed by atoms with Crippen LogP contribution in [0.1, 0.15) is 20.3 Å². The van der Waals surface area contributed by atoms with Crippen LogP contribution in [0.5, 0.6) is 0 Å². The molecule has 1 aliphatic heterocycles. The zero-order valence-corrected chi connectivity index (χ0v) is 13.1. The molecule has 1 saturated heterocycles. The topological polar surface area (TPSA) is 53.5 Å². The molecule has 21 heavy (non-hydrogen) atoms. The van der Waals surface area contributed by atoms with Gasteiger partial charge in [-0.2, -0.15) is 0 Å². The number of likely N-dealkylation sites (N-methyl/N-ethyl adjacent to an activating group) is 1. The molecule has 1 aromatic heterocycles. The Hall–Kier alpha value is -1.95. The van der Waals surface area contributed by atoms with Gasteiger partial charge in [0.2, 0.25) is 5.13 Å². The summed E-state index contributed by atoms with van der Waals surface area (Å²) in [5.74, 6) is 0.180. The standard InChI is InChI=1S/C15H17N3O2S/c1-9(2)8-11-13(19)18(15(20)17(11)3)14-16-10-6-4-5-7-12(10)21-14/h4-7,9,11H,8H2,1-3H3/t11-/m0/s1. The summed E-state index contributed by atoms with van der Waals surface area (Å²) in [6.45, 7) is 4.10. The normalized spacial score (nSPS) is 19.3. The van der Waals surface area contributed by atoms with Crippen LogP contribution in [-0.2, 0) is 4.79 Å². The summed E-state index contributed by atoms with van der Waals surface area (Å²) in [5, 5.41) is 0.462. The molecule has 0 radical (unpaired) electrons. The fourth-order valence-electron chi connectivity index (χ4n) is 2.54. The second-order valence-electron chi connectivity index (χ2n) is 5.68. The molecule has 1 fully saturated rings. The highest BCUT2D eigenvalue weighted by Crippen LogP contribution is 2.33. The molecule has 0 saturated carbocycles. The molecule has 0 spiro atoms. The second kappa shape index (κ2) is 5.11. The van der Waals surface area contributed by atoms with E-state index in [1.54, 1.807) is 7.05 Å². The Morgan fingerprint density at radius 1 is 1.29 bits per heavy atom. The number of hydrogen-bond acceptors (Lipinski definition) is 4. The molecule has 1 atom stereocenters. The van der Waals surface area contributed by atoms with Crippen LogP contribution in [0.3, 0.4) is 0 Å². The third kappa shape index (κ3) is 2.29. The molecule has 3 amide bonds. The van der Waals surface area contributed by atoms with Crippen LogP contribution < -0.4 is 4.90 Å². The minimum Gasteiger partial charge on any atom is -0.315 e. The number of rotatable bonds is 3. The molecule has 110 valence electrons. The Kier molecular flexibility index (Phi) is 3.41. The second-order valence-corrected chi connectivity index (χ2v) is 6.69. The number of anilines is 1. The predicted molar refractivity (Wildman–Crippen MR) is 83.5 cm³/mol. The van der Waals surface area contributed by atoms with Crippen molar-refractivity contribution in [3.8, 4) is 0 Å². The van der Waals surface area contributed by atoms with E-state index < -0.39 is 0 Å². The first-order valence-electron chi connectivity index (χ1n) is 6.95. The number of nitrogens with zero attached hydrogens (tertiary/aromatic N) is 3. The Balaban J connectivity index is 1.98. The average Bonchev–Trinajstić information content (AvgIpc) is 2.94. The van der Waals surface area contributed by atoms with E-state index in [0.717, 1.165) is 10.2 Å². The van der Waals surface area contributed by atoms with Crippen LogP contribution in [-0.4, -0.2) is 34.9 Å². The van der Waals surface area contributed by atoms with Crippen molar-refractivity contribution in [2.75, 3.05) is 11.9 Å². The van der Waals surface area contributed by atoms with E-state index in [0.29, 0.717) is 17.5 Å². The van der Waals surface area contributed by atoms with E-state index in [1.165, 1.54) is 21.1 Å². The number of carbonyl (C=O) groups is 2. The quantitative estimate of drug-likeness (QED) is 0.819. The van der Waals surface area contributed by atoms with Crippen molar-refractivity contribution in [1.82, 2.24) is 9.88 Å². The van der Waals surface area contributed by atoms with Gasteiger partial charge in [-0.15, -0.1) is 0 Å². The first-order valence-corrected chi connectivity index (χ1v) is 7.77. The highest BCUT2D eigenvalue weighted by molar-refractivity contribution is 7.22. The van der Waals surface area contributed by atoms with Gasteiger partial charge in [0, 0.05) is 7.05 Å². The number of hydrogen-bond donors (Lipinski definition) is 0. The number of benzene rings is 1. The van der Waals surface area contributed by atoms with Crippen molar-refractivity contribution >= 4 is 38.6 Å². The number of aromatic nitrogens is 1. The van der Waals surface area contributed by atoms with E-state index in [1.807, 2.05) is 38.1 Å². The minimum atomic E-state index is -0.385. The summed E-state index contributed by atoms with van der Waals surface area (Å²) < 4.78 is 0.975. The summed E-state index contributed by atoms with van der Waals surface area (Å²) in [6, 6.07) is 6.97. The highest BCUT2D eigenvalue weighted by atomic mass is 32.1. The summed E-state index contributed by atoms with van der Waals surface area (Å²) >= 11 is 1.37. The first-order chi connectivity index (χ1) is 9.99. The molecule has 1 aromatic carbocycles. The summed E-state index contributed by atoms with van der Waals surface area (Å²) in [5.41, 5.74) is 0.813. The average molecular weight is 303 g/mol. The predicted octanol–water partition coefficient (Wildman–Crippen LogP) is 3.11. The lowest BCUT2D eigenvalue weighted by Crippen LogP contribution is -2.32. The zero-order valence-electron chi connectivity index (χ0n) is 12.2. The molecule has 2 heterocycles. The molecule has 0 aliphatic carbocycles. The van der Waals surface area contributed by atoms with Crippen LogP contribution in [0, 0.1) is 5.92 Å². The number of para-hydroxylation sites is 1. The Morgan fingerprint density at radius 2 is 2.00 bits per heavy atom. The largest absolute Gasteiger partial charge is 0.333 e. The van der Waals surface area contributed by atoms with Crippen LogP contribution in [0.15, 0.2) is 24.3 Å². The van der Waals surface area contributed by atoms with Gasteiger partial charge < -0.3 is 4.90 Å². The van der Waals surface area contributed by atoms with E-state index in [4.69, 9.17) is 0 Å². The first kappa shape index (κ1) is 14.0. The van der Waals surface area contributed by atoms with Crippen LogP contribution in [0.4, 0.5) is 9.93 Å². The van der Waals surface area contributed by atoms with Gasteiger partial charge in [0.15, 0.2) is 0 Å². The molecular formula is C15H17N3O2S. The van der Waals surface area contributed by atoms with Gasteiger partial charge >= 0.3 is 6.03 Å². The monoisotopic (exact) mass is 303 g/mol. The third-order valence-electron chi connectivity index (χ3n) is 3.63. The van der Waals surface area contributed by atoms with Crippen LogP contribution in [0.25, 0.3) is 10.2 Å². The van der Waals surface area contributed by atoms with Crippen molar-refractivity contribution in [2.24, 2.45) is 5.92 Å². The van der Waals surface area contributed by atoms with Crippen molar-refractivity contribution < 1.29 is 9.59 Å². The number of imide groups is 1. The molecule has 0 N–H and O–H groups in total. The lowest BCUT2D eigenvalue weighted by atomic mass is 10.0. The Morgan fingerprint density at radius 3 is 2.67 bits per heavy atom. The fourth-order valence-corrected chi connectivity index (χ4v) is 3.50. The number of carbonyl (C=O) groups excluding carboxylic acids is 2. The summed E-state index contributed by atoms with van der Waals surface area (Å²) in [4.78, 5) is 32.1. The van der Waals surface area contributed by atoms with E-state index in [-0.39, 0.29) is 18.0 Å². The lowest BCUT2D eigenvalue weighted by Gasteiger charge is -2.17. The lowest BCUT2D eigenvalue weighted by molar-refractivity contribution is -0.119. The molecular weight excluding hydrogens is 286 g/mol. The summed E-state index contributed by atoms with van der Waals surface area (Å²) in [7, 11) is 1.68. The molecule has 2 aromatic rings. The maximum Gasteiger partial charge on any atom is 0.333 e. The molecule has 1 aliphatic rings. The molecule has 0 unspecified atom stereocenters. The van der Waals surface area contributed by atoms with Crippen molar-refractivity contribution in [2.45, 2.75) is 26.3 Å². The van der Waals surface area contributed by atoms with Crippen molar-refractivity contribution in [3.63, 3.8) is 0 Å². The Bertz CT molecular complexity index is 677. The summed E-state index contributed by atoms with van der Waals surface area (Å²) in [6.07, 6.45) is 0.669. The van der Waals surface area contributed by atoms with Gasteiger partial charge in [0.05, 0.1) is 10.2 Å². The minimum absolute atomic E-state index is 0.171. The number of amides is 3. The van der Waals surface area contributed by atoms with E-state index in [9.17, 15) is 9.59 Å². The Labute approximate surface area is 127 Å². The highest BCUT2D eigenvalue weighted by Gasteiger charge is 2.45.